The van der Waals surface area contributed by atoms with Crippen molar-refractivity contribution in [2.45, 2.75) is 6.04 Å². The van der Waals surface area contributed by atoms with E-state index < -0.39 is 5.91 Å². The fraction of sp³-hybridized carbons (Fsp3) is 0.0667. The lowest BCUT2D eigenvalue weighted by Gasteiger charge is -2.27. The maximum Gasteiger partial charge on any atom is 0.274 e. The van der Waals surface area contributed by atoms with Gasteiger partial charge in [-0.15, -0.1) is 0 Å². The third-order valence-corrected chi connectivity index (χ3v) is 3.57. The molecule has 1 aliphatic rings. The van der Waals surface area contributed by atoms with Crippen molar-refractivity contribution in [1.29, 1.82) is 0 Å². The summed E-state index contributed by atoms with van der Waals surface area (Å²) in [5.41, 5.74) is 2.49. The summed E-state index contributed by atoms with van der Waals surface area (Å²) in [5, 5.41) is 15.6. The maximum absolute atomic E-state index is 12.0. The summed E-state index contributed by atoms with van der Waals surface area (Å²) in [6, 6.07) is 14.4. The molecule has 2 aromatic carbocycles. The van der Waals surface area contributed by atoms with Gasteiger partial charge in [-0.25, -0.2) is 0 Å². The Morgan fingerprint density at radius 3 is 2.50 bits per heavy atom. The lowest BCUT2D eigenvalue weighted by molar-refractivity contribution is -0.115. The molecule has 0 spiro atoms. The summed E-state index contributed by atoms with van der Waals surface area (Å²) in [6.45, 7) is 0. The number of carbonyl (C=O) groups excluding carboxylic acids is 1. The Bertz CT molecular complexity index is 695. The maximum atomic E-state index is 12.0. The topological polar surface area (TPSA) is 61.7 Å². The highest BCUT2D eigenvalue weighted by atomic mass is 35.5. The van der Waals surface area contributed by atoms with Crippen LogP contribution in [0.1, 0.15) is 22.7 Å². The molecule has 3 rings (SSSR count). The van der Waals surface area contributed by atoms with Crippen LogP contribution in [0.3, 0.4) is 0 Å². The predicted octanol–water partition coefficient (Wildman–Crippen LogP) is 2.74. The summed E-state index contributed by atoms with van der Waals surface area (Å²) in [7, 11) is 0. The van der Waals surface area contributed by atoms with Gasteiger partial charge in [0.25, 0.3) is 5.91 Å². The molecule has 0 fully saturated rings. The molecule has 1 atom stereocenters. The van der Waals surface area contributed by atoms with Gasteiger partial charge in [0.2, 0.25) is 0 Å². The third kappa shape index (κ3) is 2.04. The van der Waals surface area contributed by atoms with Crippen LogP contribution < -0.4 is 5.32 Å². The highest BCUT2D eigenvalue weighted by Gasteiger charge is 2.30. The van der Waals surface area contributed by atoms with Crippen molar-refractivity contribution in [2.75, 3.05) is 0 Å². The second-order valence-corrected chi connectivity index (χ2v) is 4.93. The van der Waals surface area contributed by atoms with E-state index in [0.29, 0.717) is 10.6 Å². The zero-order valence-electron chi connectivity index (χ0n) is 10.4. The minimum Gasteiger partial charge on any atom is -0.410 e. The molecule has 1 unspecified atom stereocenters. The van der Waals surface area contributed by atoms with E-state index in [1.54, 1.807) is 18.2 Å². The summed E-state index contributed by atoms with van der Waals surface area (Å²) < 4.78 is 0. The van der Waals surface area contributed by atoms with Crippen LogP contribution in [0.4, 0.5) is 0 Å². The zero-order valence-corrected chi connectivity index (χ0v) is 11.1. The van der Waals surface area contributed by atoms with Gasteiger partial charge in [-0.3, -0.25) is 4.79 Å². The molecule has 1 aliphatic heterocycles. The number of nitrogens with one attached hydrogen (secondary N) is 1. The smallest absolute Gasteiger partial charge is 0.274 e. The van der Waals surface area contributed by atoms with Crippen LogP contribution >= 0.6 is 11.6 Å². The molecule has 5 heteroatoms. The Labute approximate surface area is 120 Å². The molecule has 1 amide bonds. The molecular weight excluding hydrogens is 276 g/mol. The fourth-order valence-corrected chi connectivity index (χ4v) is 2.51. The molecule has 1 heterocycles. The number of rotatable bonds is 1. The lowest BCUT2D eigenvalue weighted by Crippen LogP contribution is -2.41. The number of amides is 1. The van der Waals surface area contributed by atoms with Crippen molar-refractivity contribution in [3.8, 4) is 0 Å². The highest BCUT2D eigenvalue weighted by Crippen LogP contribution is 2.29. The number of hydrogen-bond acceptors (Lipinski definition) is 3. The van der Waals surface area contributed by atoms with Gasteiger partial charge in [0, 0.05) is 10.6 Å². The summed E-state index contributed by atoms with van der Waals surface area (Å²) >= 11 is 5.89. The minimum atomic E-state index is -0.397. The number of halogens is 1. The van der Waals surface area contributed by atoms with Crippen molar-refractivity contribution in [2.24, 2.45) is 5.16 Å². The molecule has 0 aliphatic carbocycles. The van der Waals surface area contributed by atoms with Gasteiger partial charge in [-0.05, 0) is 23.3 Å². The molecule has 100 valence electrons. The molecule has 0 radical (unpaired) electrons. The summed E-state index contributed by atoms with van der Waals surface area (Å²) in [5.74, 6) is -0.397. The first-order valence-corrected chi connectivity index (χ1v) is 6.46. The average molecular weight is 287 g/mol. The Kier molecular flexibility index (Phi) is 3.16. The molecule has 0 saturated carbocycles. The van der Waals surface area contributed by atoms with E-state index in [4.69, 9.17) is 16.8 Å². The minimum absolute atomic E-state index is 0.0332. The van der Waals surface area contributed by atoms with E-state index in [1.165, 1.54) is 0 Å². The van der Waals surface area contributed by atoms with Crippen LogP contribution in [0.25, 0.3) is 0 Å². The fourth-order valence-electron chi connectivity index (χ4n) is 2.38. The van der Waals surface area contributed by atoms with Gasteiger partial charge in [0.15, 0.2) is 5.71 Å². The second kappa shape index (κ2) is 4.98. The van der Waals surface area contributed by atoms with Crippen LogP contribution in [0.5, 0.6) is 0 Å². The van der Waals surface area contributed by atoms with Crippen LogP contribution in [0, 0.1) is 0 Å². The number of nitrogens with zero attached hydrogens (tertiary/aromatic N) is 1. The van der Waals surface area contributed by atoms with Crippen LogP contribution in [0.2, 0.25) is 5.02 Å². The van der Waals surface area contributed by atoms with Crippen molar-refractivity contribution in [1.82, 2.24) is 5.32 Å². The van der Waals surface area contributed by atoms with Crippen LogP contribution in [0.15, 0.2) is 53.7 Å². The van der Waals surface area contributed by atoms with E-state index in [2.05, 4.69) is 10.5 Å². The first-order valence-electron chi connectivity index (χ1n) is 6.08. The van der Waals surface area contributed by atoms with Gasteiger partial charge in [-0.2, -0.15) is 0 Å². The average Bonchev–Trinajstić information content (AvgIpc) is 2.47. The lowest BCUT2D eigenvalue weighted by atomic mass is 9.88. The van der Waals surface area contributed by atoms with Gasteiger partial charge in [0.1, 0.15) is 0 Å². The Hall–Kier alpha value is -2.33. The van der Waals surface area contributed by atoms with Crippen molar-refractivity contribution in [3.05, 3.63) is 70.2 Å². The summed E-state index contributed by atoms with van der Waals surface area (Å²) in [4.78, 5) is 12.0. The first-order chi connectivity index (χ1) is 9.70. The molecular formula is C15H11ClN2O2. The molecule has 0 saturated heterocycles. The van der Waals surface area contributed by atoms with E-state index in [9.17, 15) is 4.79 Å². The normalized spacial score (nSPS) is 19.6. The Morgan fingerprint density at radius 1 is 1.10 bits per heavy atom. The van der Waals surface area contributed by atoms with Gasteiger partial charge in [-0.1, -0.05) is 53.2 Å². The molecule has 0 bridgehead atoms. The van der Waals surface area contributed by atoms with Crippen molar-refractivity contribution < 1.29 is 10.0 Å². The molecule has 0 aromatic heterocycles. The molecule has 2 aromatic rings. The van der Waals surface area contributed by atoms with Crippen molar-refractivity contribution >= 4 is 23.2 Å². The SMILES string of the molecule is O=C1NC(c2ccc(Cl)cc2)c2ccccc2C1=NO. The second-order valence-electron chi connectivity index (χ2n) is 4.49. The zero-order chi connectivity index (χ0) is 14.1. The Morgan fingerprint density at radius 2 is 1.80 bits per heavy atom. The molecule has 20 heavy (non-hydrogen) atoms. The standard InChI is InChI=1S/C15H11ClN2O2/c16-10-7-5-9(6-8-10)13-11-3-1-2-4-12(11)14(18-20)15(19)17-13/h1-8,13,20H,(H,17,19). The van der Waals surface area contributed by atoms with E-state index in [-0.39, 0.29) is 11.8 Å². The Balaban J connectivity index is 2.14. The van der Waals surface area contributed by atoms with E-state index in [1.807, 2.05) is 30.3 Å². The van der Waals surface area contributed by atoms with Crippen molar-refractivity contribution in [3.63, 3.8) is 0 Å². The van der Waals surface area contributed by atoms with Gasteiger partial charge < -0.3 is 10.5 Å². The van der Waals surface area contributed by atoms with E-state index in [0.717, 1.165) is 11.1 Å². The number of benzene rings is 2. The van der Waals surface area contributed by atoms with Gasteiger partial charge >= 0.3 is 0 Å². The third-order valence-electron chi connectivity index (χ3n) is 3.32. The van der Waals surface area contributed by atoms with Gasteiger partial charge in [0.05, 0.1) is 6.04 Å². The summed E-state index contributed by atoms with van der Waals surface area (Å²) in [6.07, 6.45) is 0. The number of fused-ring (bicyclic) bond motifs is 1. The molecule has 2 N–H and O–H groups in total. The number of hydrogen-bond donors (Lipinski definition) is 2. The van der Waals surface area contributed by atoms with Crippen LogP contribution in [-0.4, -0.2) is 16.8 Å². The monoisotopic (exact) mass is 286 g/mol. The van der Waals surface area contributed by atoms with Crippen LogP contribution in [-0.2, 0) is 4.79 Å². The molecule has 4 nitrogen and oxygen atoms in total. The van der Waals surface area contributed by atoms with E-state index >= 15 is 0 Å². The number of carbonyl (C=O) groups is 1. The largest absolute Gasteiger partial charge is 0.410 e. The highest BCUT2D eigenvalue weighted by molar-refractivity contribution is 6.46. The first kappa shape index (κ1) is 12.7. The quantitative estimate of drug-likeness (QED) is 0.625. The predicted molar refractivity (Wildman–Crippen MR) is 76.2 cm³/mol. The number of oxime groups is 1.